The molecule has 0 aromatic heterocycles. The van der Waals surface area contributed by atoms with Crippen molar-refractivity contribution in [2.75, 3.05) is 13.2 Å². The quantitative estimate of drug-likeness (QED) is 0.582. The lowest BCUT2D eigenvalue weighted by Gasteiger charge is -2.28. The average Bonchev–Trinajstić information content (AvgIpc) is 2.88. The van der Waals surface area contributed by atoms with Crippen molar-refractivity contribution in [1.82, 2.24) is 0 Å². The van der Waals surface area contributed by atoms with E-state index in [4.69, 9.17) is 23.7 Å². The van der Waals surface area contributed by atoms with Crippen LogP contribution in [0.15, 0.2) is 12.2 Å². The number of rotatable bonds is 4. The molecule has 0 radical (unpaired) electrons. The summed E-state index contributed by atoms with van der Waals surface area (Å²) in [5.41, 5.74) is 0.330. The Morgan fingerprint density at radius 1 is 1.10 bits per heavy atom. The molecular formula is C15H24O6. The highest BCUT2D eigenvalue weighted by Gasteiger charge is 2.47. The summed E-state index contributed by atoms with van der Waals surface area (Å²) in [6, 6.07) is 0. The summed E-state index contributed by atoms with van der Waals surface area (Å²) in [5.74, 6) is -1.87. The van der Waals surface area contributed by atoms with Gasteiger partial charge in [-0.15, -0.1) is 0 Å². The fourth-order valence-electron chi connectivity index (χ4n) is 2.37. The third-order valence-corrected chi connectivity index (χ3v) is 3.39. The van der Waals surface area contributed by atoms with Gasteiger partial charge in [0.25, 0.3) is 0 Å². The zero-order valence-corrected chi connectivity index (χ0v) is 13.3. The molecule has 120 valence electrons. The van der Waals surface area contributed by atoms with Gasteiger partial charge in [-0.3, -0.25) is 0 Å². The maximum Gasteiger partial charge on any atom is 0.333 e. The van der Waals surface area contributed by atoms with Crippen molar-refractivity contribution >= 4 is 5.97 Å². The number of hydrogen-bond acceptors (Lipinski definition) is 6. The van der Waals surface area contributed by atoms with Crippen LogP contribution in [0.2, 0.25) is 0 Å². The minimum absolute atomic E-state index is 0.330. The standard InChI is InChI=1S/C15H24O6/c1-9(2)13(16)19-12(10-7-17-14(3,4)20-10)11-8-18-15(5,6)21-11/h10-12H,1,7-8H2,2-6H3/t10-,11+,12+. The second-order valence-electron chi connectivity index (χ2n) is 6.38. The molecule has 6 nitrogen and oxygen atoms in total. The van der Waals surface area contributed by atoms with Crippen molar-refractivity contribution in [3.05, 3.63) is 12.2 Å². The molecule has 6 heteroatoms. The van der Waals surface area contributed by atoms with Crippen LogP contribution in [-0.4, -0.2) is 49.1 Å². The van der Waals surface area contributed by atoms with E-state index in [0.29, 0.717) is 18.8 Å². The van der Waals surface area contributed by atoms with Gasteiger partial charge in [-0.05, 0) is 34.6 Å². The number of carbonyl (C=O) groups is 1. The third kappa shape index (κ3) is 4.03. The molecule has 21 heavy (non-hydrogen) atoms. The smallest absolute Gasteiger partial charge is 0.333 e. The van der Waals surface area contributed by atoms with Crippen LogP contribution >= 0.6 is 0 Å². The Balaban J connectivity index is 2.11. The molecule has 2 aliphatic rings. The first-order valence-electron chi connectivity index (χ1n) is 7.10. The SMILES string of the molecule is C=C(C)C(=O)O[C@H]([C@@H]1COC(C)(C)O1)[C@H]1COC(C)(C)O1. The zero-order chi connectivity index (χ0) is 15.8. The molecule has 0 spiro atoms. The van der Waals surface area contributed by atoms with Gasteiger partial charge < -0.3 is 23.7 Å². The zero-order valence-electron chi connectivity index (χ0n) is 13.3. The van der Waals surface area contributed by atoms with E-state index in [1.807, 2.05) is 27.7 Å². The Morgan fingerprint density at radius 2 is 1.52 bits per heavy atom. The number of carbonyl (C=O) groups excluding carboxylic acids is 1. The lowest BCUT2D eigenvalue weighted by Crippen LogP contribution is -2.45. The van der Waals surface area contributed by atoms with Gasteiger partial charge in [0.15, 0.2) is 17.7 Å². The average molecular weight is 300 g/mol. The first-order chi connectivity index (χ1) is 9.60. The second kappa shape index (κ2) is 5.68. The fraction of sp³-hybridized carbons (Fsp3) is 0.800. The molecule has 0 aromatic rings. The van der Waals surface area contributed by atoms with Crippen LogP contribution in [0.25, 0.3) is 0 Å². The summed E-state index contributed by atoms with van der Waals surface area (Å²) in [4.78, 5) is 11.9. The third-order valence-electron chi connectivity index (χ3n) is 3.39. The summed E-state index contributed by atoms with van der Waals surface area (Å²) >= 11 is 0. The molecular weight excluding hydrogens is 276 g/mol. The van der Waals surface area contributed by atoms with Gasteiger partial charge in [0.05, 0.1) is 13.2 Å². The van der Waals surface area contributed by atoms with Crippen LogP contribution in [-0.2, 0) is 28.5 Å². The van der Waals surface area contributed by atoms with Crippen LogP contribution in [0.1, 0.15) is 34.6 Å². The van der Waals surface area contributed by atoms with Crippen LogP contribution < -0.4 is 0 Å². The summed E-state index contributed by atoms with van der Waals surface area (Å²) in [6.45, 7) is 13.2. The largest absolute Gasteiger partial charge is 0.453 e. The van der Waals surface area contributed by atoms with Crippen LogP contribution in [0, 0.1) is 0 Å². The molecule has 2 saturated heterocycles. The van der Waals surface area contributed by atoms with Gasteiger partial charge in [0.1, 0.15) is 12.2 Å². The minimum atomic E-state index is -0.701. The second-order valence-corrected chi connectivity index (χ2v) is 6.38. The van der Waals surface area contributed by atoms with Gasteiger partial charge >= 0.3 is 5.97 Å². The predicted molar refractivity (Wildman–Crippen MR) is 74.5 cm³/mol. The summed E-state index contributed by atoms with van der Waals surface area (Å²) in [6.07, 6.45) is -1.39. The minimum Gasteiger partial charge on any atom is -0.453 e. The van der Waals surface area contributed by atoms with Crippen molar-refractivity contribution in [2.45, 2.75) is 64.5 Å². The fourth-order valence-corrected chi connectivity index (χ4v) is 2.37. The maximum atomic E-state index is 11.9. The van der Waals surface area contributed by atoms with Gasteiger partial charge in [-0.25, -0.2) is 4.79 Å². The van der Waals surface area contributed by atoms with Crippen molar-refractivity contribution in [3.63, 3.8) is 0 Å². The Kier molecular flexibility index (Phi) is 4.44. The monoisotopic (exact) mass is 300 g/mol. The molecule has 0 saturated carbocycles. The van der Waals surface area contributed by atoms with Crippen LogP contribution in [0.4, 0.5) is 0 Å². The van der Waals surface area contributed by atoms with Crippen molar-refractivity contribution in [2.24, 2.45) is 0 Å². The van der Waals surface area contributed by atoms with Gasteiger partial charge in [-0.1, -0.05) is 6.58 Å². The molecule has 2 fully saturated rings. The molecule has 0 unspecified atom stereocenters. The summed E-state index contributed by atoms with van der Waals surface area (Å²) in [7, 11) is 0. The lowest BCUT2D eigenvalue weighted by atomic mass is 10.1. The molecule has 3 atom stereocenters. The Hall–Kier alpha value is -0.950. The highest BCUT2D eigenvalue weighted by molar-refractivity contribution is 5.87. The molecule has 0 bridgehead atoms. The van der Waals surface area contributed by atoms with E-state index in [1.165, 1.54) is 0 Å². The Bertz CT molecular complexity index is 402. The van der Waals surface area contributed by atoms with E-state index in [1.54, 1.807) is 6.92 Å². The molecule has 0 amide bonds. The molecule has 0 aliphatic carbocycles. The van der Waals surface area contributed by atoms with E-state index >= 15 is 0 Å². The Labute approximate surface area is 125 Å². The summed E-state index contributed by atoms with van der Waals surface area (Å²) < 4.78 is 28.2. The Morgan fingerprint density at radius 3 is 1.81 bits per heavy atom. The highest BCUT2D eigenvalue weighted by Crippen LogP contribution is 2.32. The first-order valence-corrected chi connectivity index (χ1v) is 7.10. The predicted octanol–water partition coefficient (Wildman–Crippen LogP) is 1.78. The van der Waals surface area contributed by atoms with Gasteiger partial charge in [0, 0.05) is 5.57 Å². The van der Waals surface area contributed by atoms with Crippen LogP contribution in [0.5, 0.6) is 0 Å². The first kappa shape index (κ1) is 16.4. The van der Waals surface area contributed by atoms with E-state index in [-0.39, 0.29) is 0 Å². The topological polar surface area (TPSA) is 63.2 Å². The molecule has 0 N–H and O–H groups in total. The molecule has 0 aromatic carbocycles. The van der Waals surface area contributed by atoms with E-state index in [2.05, 4.69) is 6.58 Å². The number of ether oxygens (including phenoxy) is 5. The lowest BCUT2D eigenvalue weighted by molar-refractivity contribution is -0.192. The highest BCUT2D eigenvalue weighted by atomic mass is 16.8. The van der Waals surface area contributed by atoms with Crippen molar-refractivity contribution in [3.8, 4) is 0 Å². The summed E-state index contributed by atoms with van der Waals surface area (Å²) in [5, 5.41) is 0. The van der Waals surface area contributed by atoms with Gasteiger partial charge in [0.2, 0.25) is 0 Å². The van der Waals surface area contributed by atoms with E-state index < -0.39 is 35.9 Å². The van der Waals surface area contributed by atoms with Crippen molar-refractivity contribution < 1.29 is 28.5 Å². The van der Waals surface area contributed by atoms with E-state index in [0.717, 1.165) is 0 Å². The van der Waals surface area contributed by atoms with Crippen LogP contribution in [0.3, 0.4) is 0 Å². The van der Waals surface area contributed by atoms with E-state index in [9.17, 15) is 4.79 Å². The number of hydrogen-bond donors (Lipinski definition) is 0. The van der Waals surface area contributed by atoms with Gasteiger partial charge in [-0.2, -0.15) is 0 Å². The molecule has 2 heterocycles. The maximum absolute atomic E-state index is 11.9. The molecule has 2 aliphatic heterocycles. The number of esters is 1. The normalized spacial score (nSPS) is 31.9. The molecule has 2 rings (SSSR count). The van der Waals surface area contributed by atoms with Crippen molar-refractivity contribution in [1.29, 1.82) is 0 Å².